The van der Waals surface area contributed by atoms with Crippen LogP contribution in [0.15, 0.2) is 24.4 Å². The van der Waals surface area contributed by atoms with E-state index >= 15 is 0 Å². The molecule has 2 nitrogen and oxygen atoms in total. The highest BCUT2D eigenvalue weighted by Gasteiger charge is 2.23. The largest absolute Gasteiger partial charge is 0.370 e. The van der Waals surface area contributed by atoms with Gasteiger partial charge in [0.05, 0.1) is 0 Å². The molecule has 0 amide bonds. The second-order valence-corrected chi connectivity index (χ2v) is 12.1. The van der Waals surface area contributed by atoms with Crippen LogP contribution < -0.4 is 0 Å². The first-order valence-corrected chi connectivity index (χ1v) is 10.7. The van der Waals surface area contributed by atoms with Gasteiger partial charge in [-0.1, -0.05) is 45.1 Å². The van der Waals surface area contributed by atoms with E-state index in [2.05, 4.69) is 38.0 Å². The van der Waals surface area contributed by atoms with Crippen LogP contribution in [-0.2, 0) is 4.79 Å². The lowest BCUT2D eigenvalue weighted by molar-refractivity contribution is -0.116. The molecule has 0 saturated heterocycles. The first kappa shape index (κ1) is 15.2. The summed E-state index contributed by atoms with van der Waals surface area (Å²) < 4.78 is 0. The maximum Gasteiger partial charge on any atom is 0.159 e. The summed E-state index contributed by atoms with van der Waals surface area (Å²) in [6.07, 6.45) is 6.58. The molecule has 102 valence electrons. The molecule has 0 aromatic rings. The molecule has 3 heteroatoms. The Morgan fingerprint density at radius 3 is 2.72 bits per heavy atom. The van der Waals surface area contributed by atoms with E-state index in [-0.39, 0.29) is 5.78 Å². The fourth-order valence-corrected chi connectivity index (χ4v) is 4.18. The van der Waals surface area contributed by atoms with Crippen molar-refractivity contribution in [2.45, 2.75) is 57.9 Å². The summed E-state index contributed by atoms with van der Waals surface area (Å²) >= 11 is 0. The number of allylic oxidation sites excluding steroid dienone is 1. The van der Waals surface area contributed by atoms with Crippen LogP contribution in [0.2, 0.25) is 25.7 Å². The summed E-state index contributed by atoms with van der Waals surface area (Å²) in [6.45, 7) is 14.4. The second-order valence-electron chi connectivity index (χ2n) is 6.59. The number of nitrogens with zero attached hydrogens (tertiary/aromatic N) is 1. The molecule has 0 aromatic heterocycles. The predicted molar refractivity (Wildman–Crippen MR) is 81.5 cm³/mol. The molecule has 0 bridgehead atoms. The molecular formula is C15H27NOSi. The first-order chi connectivity index (χ1) is 8.31. The van der Waals surface area contributed by atoms with Gasteiger partial charge in [0, 0.05) is 33.3 Å². The summed E-state index contributed by atoms with van der Waals surface area (Å²) in [5, 5.41) is 0. The summed E-state index contributed by atoms with van der Waals surface area (Å²) in [6, 6.07) is 1.55. The Morgan fingerprint density at radius 2 is 2.17 bits per heavy atom. The number of carbonyl (C=O) groups excluding carboxylic acids is 1. The molecule has 0 saturated carbocycles. The van der Waals surface area contributed by atoms with E-state index in [4.69, 9.17) is 0 Å². The van der Waals surface area contributed by atoms with Gasteiger partial charge >= 0.3 is 0 Å². The van der Waals surface area contributed by atoms with Crippen molar-refractivity contribution in [1.82, 2.24) is 4.90 Å². The average molecular weight is 265 g/mol. The molecule has 1 heterocycles. The minimum Gasteiger partial charge on any atom is -0.370 e. The van der Waals surface area contributed by atoms with E-state index in [1.165, 1.54) is 11.6 Å². The third-order valence-electron chi connectivity index (χ3n) is 3.17. The molecule has 0 fully saturated rings. The molecule has 0 spiro atoms. The van der Waals surface area contributed by atoms with Gasteiger partial charge in [0.15, 0.2) is 5.78 Å². The zero-order valence-electron chi connectivity index (χ0n) is 12.3. The predicted octanol–water partition coefficient (Wildman–Crippen LogP) is 3.84. The van der Waals surface area contributed by atoms with Gasteiger partial charge in [-0.25, -0.2) is 0 Å². The van der Waals surface area contributed by atoms with Crippen molar-refractivity contribution in [2.75, 3.05) is 6.54 Å². The highest BCUT2D eigenvalue weighted by atomic mass is 28.3. The zero-order valence-corrected chi connectivity index (χ0v) is 13.3. The Labute approximate surface area is 113 Å². The van der Waals surface area contributed by atoms with E-state index < -0.39 is 8.07 Å². The number of hydrogen-bond donors (Lipinski definition) is 0. The number of carbonyl (C=O) groups is 1. The van der Waals surface area contributed by atoms with Crippen molar-refractivity contribution in [3.05, 3.63) is 24.4 Å². The quantitative estimate of drug-likeness (QED) is 0.537. The second kappa shape index (κ2) is 6.37. The Bertz CT molecular complexity index is 341. The van der Waals surface area contributed by atoms with Crippen LogP contribution in [0.3, 0.4) is 0 Å². The Kier molecular flexibility index (Phi) is 5.39. The summed E-state index contributed by atoms with van der Waals surface area (Å²) in [5.74, 6) is 0.264. The van der Waals surface area contributed by atoms with Crippen LogP contribution in [0.25, 0.3) is 0 Å². The van der Waals surface area contributed by atoms with Crippen LogP contribution in [-0.4, -0.2) is 31.3 Å². The molecule has 0 radical (unpaired) electrons. The molecule has 0 aromatic carbocycles. The zero-order chi connectivity index (χ0) is 13.8. The van der Waals surface area contributed by atoms with E-state index in [1.807, 2.05) is 6.20 Å². The van der Waals surface area contributed by atoms with Crippen LogP contribution in [0.4, 0.5) is 0 Å². The fourth-order valence-electron chi connectivity index (χ4n) is 2.57. The van der Waals surface area contributed by atoms with Crippen LogP contribution in [0.1, 0.15) is 26.2 Å². The molecular weight excluding hydrogens is 238 g/mol. The topological polar surface area (TPSA) is 20.3 Å². The summed E-state index contributed by atoms with van der Waals surface area (Å²) in [4.78, 5) is 13.8. The van der Waals surface area contributed by atoms with Crippen molar-refractivity contribution >= 4 is 13.9 Å². The maximum atomic E-state index is 11.5. The van der Waals surface area contributed by atoms with Crippen molar-refractivity contribution in [1.29, 1.82) is 0 Å². The lowest BCUT2D eigenvalue weighted by Crippen LogP contribution is -2.37. The SMILES string of the molecule is C=C(CN1C=CC(=O)C[C@@H]1CCC)C[Si](C)(C)C. The van der Waals surface area contributed by atoms with Gasteiger partial charge < -0.3 is 4.90 Å². The van der Waals surface area contributed by atoms with Crippen LogP contribution >= 0.6 is 0 Å². The van der Waals surface area contributed by atoms with Gasteiger partial charge in [-0.15, -0.1) is 0 Å². The molecule has 0 unspecified atom stereocenters. The Balaban J connectivity index is 2.60. The molecule has 18 heavy (non-hydrogen) atoms. The van der Waals surface area contributed by atoms with Crippen molar-refractivity contribution in [2.24, 2.45) is 0 Å². The summed E-state index contributed by atoms with van der Waals surface area (Å²) in [5.41, 5.74) is 1.31. The Hall–Kier alpha value is -0.833. The monoisotopic (exact) mass is 265 g/mol. The normalized spacial score (nSPS) is 20.3. The van der Waals surface area contributed by atoms with Crippen molar-refractivity contribution in [3.63, 3.8) is 0 Å². The smallest absolute Gasteiger partial charge is 0.159 e. The third kappa shape index (κ3) is 5.21. The Morgan fingerprint density at radius 1 is 1.50 bits per heavy atom. The van der Waals surface area contributed by atoms with Gasteiger partial charge in [-0.3, -0.25) is 4.79 Å². The molecule has 1 rings (SSSR count). The van der Waals surface area contributed by atoms with Gasteiger partial charge in [0.2, 0.25) is 0 Å². The molecule has 1 aliphatic rings. The number of hydrogen-bond acceptors (Lipinski definition) is 2. The third-order valence-corrected chi connectivity index (χ3v) is 4.73. The molecule has 0 aliphatic carbocycles. The number of ketones is 1. The highest BCUT2D eigenvalue weighted by Crippen LogP contribution is 2.21. The first-order valence-electron chi connectivity index (χ1n) is 6.95. The average Bonchev–Trinajstić information content (AvgIpc) is 2.20. The van der Waals surface area contributed by atoms with Gasteiger partial charge in [-0.2, -0.15) is 0 Å². The van der Waals surface area contributed by atoms with E-state index in [1.54, 1.807) is 6.08 Å². The molecule has 1 atom stereocenters. The number of rotatable bonds is 6. The van der Waals surface area contributed by atoms with Gasteiger partial charge in [-0.05, 0) is 18.5 Å². The summed E-state index contributed by atoms with van der Waals surface area (Å²) in [7, 11) is -1.08. The standard InChI is InChI=1S/C15H27NOSi/c1-6-7-14-10-15(17)8-9-16(14)11-13(2)12-18(3,4)5/h8-9,14H,2,6-7,10-12H2,1,3-5H3/t14-/m0/s1. The van der Waals surface area contributed by atoms with Crippen LogP contribution in [0, 0.1) is 0 Å². The van der Waals surface area contributed by atoms with Crippen molar-refractivity contribution < 1.29 is 4.79 Å². The van der Waals surface area contributed by atoms with Crippen LogP contribution in [0.5, 0.6) is 0 Å². The lowest BCUT2D eigenvalue weighted by Gasteiger charge is -2.34. The fraction of sp³-hybridized carbons (Fsp3) is 0.667. The van der Waals surface area contributed by atoms with E-state index in [0.717, 1.165) is 19.4 Å². The maximum absolute atomic E-state index is 11.5. The van der Waals surface area contributed by atoms with Crippen molar-refractivity contribution in [3.8, 4) is 0 Å². The van der Waals surface area contributed by atoms with E-state index in [0.29, 0.717) is 12.5 Å². The minimum absolute atomic E-state index is 0.264. The highest BCUT2D eigenvalue weighted by molar-refractivity contribution is 6.76. The molecule has 1 aliphatic heterocycles. The minimum atomic E-state index is -1.08. The van der Waals surface area contributed by atoms with E-state index in [9.17, 15) is 4.79 Å². The lowest BCUT2D eigenvalue weighted by atomic mass is 10.0. The van der Waals surface area contributed by atoms with Gasteiger partial charge in [0.25, 0.3) is 0 Å². The van der Waals surface area contributed by atoms with Gasteiger partial charge in [0.1, 0.15) is 0 Å². The molecule has 0 N–H and O–H groups in total.